The van der Waals surface area contributed by atoms with Crippen LogP contribution in [0.5, 0.6) is 0 Å². The Kier molecular flexibility index (Phi) is 3.13. The average Bonchev–Trinajstić information content (AvgIpc) is 2.14. The van der Waals surface area contributed by atoms with Gasteiger partial charge in [-0.05, 0) is 12.3 Å². The molecule has 78 valence electrons. The molecule has 4 heteroatoms. The lowest BCUT2D eigenvalue weighted by atomic mass is 9.97. The Bertz CT molecular complexity index is 346. The number of hydrogen-bond acceptors (Lipinski definition) is 0. The Labute approximate surface area is 79.6 Å². The topological polar surface area (TPSA) is 0 Å². The SMILES string of the molecule is CCC(C)c1c(F)cc(F)c(F)c1F. The highest BCUT2D eigenvalue weighted by Gasteiger charge is 2.21. The molecule has 0 bridgehead atoms. The summed E-state index contributed by atoms with van der Waals surface area (Å²) in [5, 5.41) is 0. The quantitative estimate of drug-likeness (QED) is 0.392. The van der Waals surface area contributed by atoms with E-state index in [0.717, 1.165) is 0 Å². The van der Waals surface area contributed by atoms with Crippen molar-refractivity contribution in [2.75, 3.05) is 0 Å². The molecule has 0 amide bonds. The maximum atomic E-state index is 13.1. The monoisotopic (exact) mass is 206 g/mol. The summed E-state index contributed by atoms with van der Waals surface area (Å²) < 4.78 is 51.5. The summed E-state index contributed by atoms with van der Waals surface area (Å²) in [4.78, 5) is 0. The Morgan fingerprint density at radius 2 is 1.64 bits per heavy atom. The first-order valence-corrected chi connectivity index (χ1v) is 4.31. The molecule has 0 aliphatic heterocycles. The van der Waals surface area contributed by atoms with E-state index in [0.29, 0.717) is 12.5 Å². The summed E-state index contributed by atoms with van der Waals surface area (Å²) in [6.45, 7) is 3.27. The minimum atomic E-state index is -1.61. The Balaban J connectivity index is 3.36. The number of hydrogen-bond donors (Lipinski definition) is 0. The number of benzene rings is 1. The van der Waals surface area contributed by atoms with Crippen molar-refractivity contribution in [3.8, 4) is 0 Å². The van der Waals surface area contributed by atoms with E-state index in [9.17, 15) is 17.6 Å². The van der Waals surface area contributed by atoms with Gasteiger partial charge in [0.25, 0.3) is 0 Å². The van der Waals surface area contributed by atoms with Crippen molar-refractivity contribution in [2.45, 2.75) is 26.2 Å². The molecule has 0 heterocycles. The predicted octanol–water partition coefficient (Wildman–Crippen LogP) is 3.76. The summed E-state index contributed by atoms with van der Waals surface area (Å²) >= 11 is 0. The summed E-state index contributed by atoms with van der Waals surface area (Å²) in [7, 11) is 0. The maximum absolute atomic E-state index is 13.1. The lowest BCUT2D eigenvalue weighted by Crippen LogP contribution is -2.05. The van der Waals surface area contributed by atoms with Crippen molar-refractivity contribution in [3.05, 3.63) is 34.9 Å². The summed E-state index contributed by atoms with van der Waals surface area (Å²) in [5.41, 5.74) is -0.383. The van der Waals surface area contributed by atoms with E-state index >= 15 is 0 Å². The van der Waals surface area contributed by atoms with E-state index in [-0.39, 0.29) is 5.56 Å². The van der Waals surface area contributed by atoms with Crippen LogP contribution in [0.25, 0.3) is 0 Å². The Morgan fingerprint density at radius 1 is 1.07 bits per heavy atom. The van der Waals surface area contributed by atoms with E-state index < -0.39 is 29.2 Å². The number of halogens is 4. The fourth-order valence-electron chi connectivity index (χ4n) is 1.24. The molecule has 1 aromatic rings. The van der Waals surface area contributed by atoms with E-state index in [2.05, 4.69) is 0 Å². The Morgan fingerprint density at radius 3 is 2.14 bits per heavy atom. The van der Waals surface area contributed by atoms with Crippen molar-refractivity contribution < 1.29 is 17.6 Å². The predicted molar refractivity (Wildman–Crippen MR) is 45.0 cm³/mol. The molecule has 0 aliphatic carbocycles. The van der Waals surface area contributed by atoms with E-state index in [1.54, 1.807) is 13.8 Å². The van der Waals surface area contributed by atoms with Crippen molar-refractivity contribution >= 4 is 0 Å². The molecular weight excluding hydrogens is 196 g/mol. The lowest BCUT2D eigenvalue weighted by molar-refractivity contribution is 0.417. The molecule has 0 nitrogen and oxygen atoms in total. The molecule has 0 fully saturated rings. The van der Waals surface area contributed by atoms with Crippen LogP contribution >= 0.6 is 0 Å². The third kappa shape index (κ3) is 1.74. The van der Waals surface area contributed by atoms with Crippen LogP contribution in [-0.2, 0) is 0 Å². The van der Waals surface area contributed by atoms with Gasteiger partial charge in [0.2, 0.25) is 0 Å². The maximum Gasteiger partial charge on any atom is 0.194 e. The summed E-state index contributed by atoms with van der Waals surface area (Å²) in [6.07, 6.45) is 0.457. The fourth-order valence-corrected chi connectivity index (χ4v) is 1.24. The van der Waals surface area contributed by atoms with Crippen LogP contribution in [0.15, 0.2) is 6.07 Å². The standard InChI is InChI=1S/C10H10F4/c1-3-5(2)8-6(11)4-7(12)9(13)10(8)14/h4-5H,3H2,1-2H3. The average molecular weight is 206 g/mol. The third-order valence-corrected chi connectivity index (χ3v) is 2.25. The molecule has 1 atom stereocenters. The van der Waals surface area contributed by atoms with Gasteiger partial charge in [-0.2, -0.15) is 0 Å². The van der Waals surface area contributed by atoms with Crippen LogP contribution in [0.3, 0.4) is 0 Å². The molecule has 1 unspecified atom stereocenters. The third-order valence-electron chi connectivity index (χ3n) is 2.25. The number of rotatable bonds is 2. The van der Waals surface area contributed by atoms with Crippen molar-refractivity contribution in [1.29, 1.82) is 0 Å². The second-order valence-corrected chi connectivity index (χ2v) is 3.19. The normalized spacial score (nSPS) is 13.0. The highest BCUT2D eigenvalue weighted by atomic mass is 19.2. The second-order valence-electron chi connectivity index (χ2n) is 3.19. The van der Waals surface area contributed by atoms with Gasteiger partial charge in [0.15, 0.2) is 17.5 Å². The van der Waals surface area contributed by atoms with Crippen LogP contribution in [0.4, 0.5) is 17.6 Å². The van der Waals surface area contributed by atoms with E-state index in [4.69, 9.17) is 0 Å². The van der Waals surface area contributed by atoms with E-state index in [1.807, 2.05) is 0 Å². The van der Waals surface area contributed by atoms with E-state index in [1.165, 1.54) is 0 Å². The highest BCUT2D eigenvalue weighted by molar-refractivity contribution is 5.25. The van der Waals surface area contributed by atoms with Gasteiger partial charge < -0.3 is 0 Å². The van der Waals surface area contributed by atoms with Gasteiger partial charge in [-0.1, -0.05) is 13.8 Å². The zero-order chi connectivity index (χ0) is 10.9. The minimum absolute atomic E-state index is 0.375. The summed E-state index contributed by atoms with van der Waals surface area (Å²) in [6, 6.07) is 0.375. The first-order valence-electron chi connectivity index (χ1n) is 4.31. The molecular formula is C10H10F4. The molecule has 1 rings (SSSR count). The minimum Gasteiger partial charge on any atom is -0.206 e. The lowest BCUT2D eigenvalue weighted by Gasteiger charge is -2.11. The van der Waals surface area contributed by atoms with Gasteiger partial charge >= 0.3 is 0 Å². The molecule has 0 aromatic heterocycles. The van der Waals surface area contributed by atoms with Crippen molar-refractivity contribution in [3.63, 3.8) is 0 Å². The van der Waals surface area contributed by atoms with Crippen LogP contribution in [0.1, 0.15) is 31.7 Å². The zero-order valence-corrected chi connectivity index (χ0v) is 7.87. The van der Waals surface area contributed by atoms with Crippen molar-refractivity contribution in [1.82, 2.24) is 0 Å². The van der Waals surface area contributed by atoms with Crippen LogP contribution < -0.4 is 0 Å². The van der Waals surface area contributed by atoms with Crippen LogP contribution in [0, 0.1) is 23.3 Å². The molecule has 0 aliphatic rings. The van der Waals surface area contributed by atoms with Crippen LogP contribution in [-0.4, -0.2) is 0 Å². The fraction of sp³-hybridized carbons (Fsp3) is 0.400. The van der Waals surface area contributed by atoms with Gasteiger partial charge in [-0.3, -0.25) is 0 Å². The second kappa shape index (κ2) is 3.98. The molecule has 0 N–H and O–H groups in total. The zero-order valence-electron chi connectivity index (χ0n) is 7.87. The summed E-state index contributed by atoms with van der Waals surface area (Å²) in [5.74, 6) is -6.02. The first-order chi connectivity index (χ1) is 6.49. The van der Waals surface area contributed by atoms with Gasteiger partial charge in [-0.25, -0.2) is 17.6 Å². The highest BCUT2D eigenvalue weighted by Crippen LogP contribution is 2.27. The molecule has 14 heavy (non-hydrogen) atoms. The molecule has 1 aromatic carbocycles. The van der Waals surface area contributed by atoms with Gasteiger partial charge in [-0.15, -0.1) is 0 Å². The smallest absolute Gasteiger partial charge is 0.194 e. The largest absolute Gasteiger partial charge is 0.206 e. The van der Waals surface area contributed by atoms with Crippen molar-refractivity contribution in [2.24, 2.45) is 0 Å². The van der Waals surface area contributed by atoms with Crippen LogP contribution in [0.2, 0.25) is 0 Å². The van der Waals surface area contributed by atoms with Gasteiger partial charge in [0, 0.05) is 11.6 Å². The molecule has 0 saturated heterocycles. The molecule has 0 spiro atoms. The first kappa shape index (κ1) is 11.0. The Hall–Kier alpha value is -1.06. The molecule has 0 radical (unpaired) electrons. The van der Waals surface area contributed by atoms with Gasteiger partial charge in [0.1, 0.15) is 5.82 Å². The van der Waals surface area contributed by atoms with Gasteiger partial charge in [0.05, 0.1) is 0 Å². The molecule has 0 saturated carbocycles.